The second-order valence-corrected chi connectivity index (χ2v) is 5.61. The van der Waals surface area contributed by atoms with Crippen molar-refractivity contribution in [2.24, 2.45) is 0 Å². The Bertz CT molecular complexity index is 536. The highest BCUT2D eigenvalue weighted by atomic mass is 16.5. The summed E-state index contributed by atoms with van der Waals surface area (Å²) in [5.41, 5.74) is 0.838. The molecule has 1 atom stereocenters. The highest BCUT2D eigenvalue weighted by Crippen LogP contribution is 2.43. The summed E-state index contributed by atoms with van der Waals surface area (Å²) in [4.78, 5) is 0. The van der Waals surface area contributed by atoms with Gasteiger partial charge in [-0.05, 0) is 38.9 Å². The summed E-state index contributed by atoms with van der Waals surface area (Å²) in [7, 11) is 2.00. The van der Waals surface area contributed by atoms with Gasteiger partial charge in [0.15, 0.2) is 0 Å². The highest BCUT2D eigenvalue weighted by molar-refractivity contribution is 5.77. The van der Waals surface area contributed by atoms with Crippen LogP contribution >= 0.6 is 0 Å². The van der Waals surface area contributed by atoms with E-state index >= 15 is 0 Å². The van der Waals surface area contributed by atoms with Gasteiger partial charge >= 0.3 is 0 Å². The lowest BCUT2D eigenvalue weighted by molar-refractivity contribution is -0.0651. The SMILES string of the molecule is CCOC1(C(NC)c2cc3ccccc3o2)CCCC1. The Kier molecular flexibility index (Phi) is 3.81. The third-order valence-electron chi connectivity index (χ3n) is 4.43. The van der Waals surface area contributed by atoms with Crippen molar-refractivity contribution < 1.29 is 9.15 Å². The molecule has 3 nitrogen and oxygen atoms in total. The number of nitrogens with one attached hydrogen (secondary N) is 1. The fourth-order valence-corrected chi connectivity index (χ4v) is 3.59. The normalized spacial score (nSPS) is 19.5. The molecule has 1 aromatic heterocycles. The maximum atomic E-state index is 6.17. The van der Waals surface area contributed by atoms with Crippen molar-refractivity contribution in [2.75, 3.05) is 13.7 Å². The van der Waals surface area contributed by atoms with Crippen molar-refractivity contribution in [3.8, 4) is 0 Å². The number of likely N-dealkylation sites (N-methyl/N-ethyl adjacent to an activating group) is 1. The Balaban J connectivity index is 1.99. The minimum absolute atomic E-state index is 0.114. The number of benzene rings is 1. The topological polar surface area (TPSA) is 34.4 Å². The first-order chi connectivity index (χ1) is 9.79. The van der Waals surface area contributed by atoms with Crippen LogP contribution in [0.1, 0.15) is 44.4 Å². The van der Waals surface area contributed by atoms with Crippen molar-refractivity contribution in [3.63, 3.8) is 0 Å². The van der Waals surface area contributed by atoms with Gasteiger partial charge in [0.25, 0.3) is 0 Å². The van der Waals surface area contributed by atoms with Crippen LogP contribution in [0.25, 0.3) is 11.0 Å². The molecule has 3 rings (SSSR count). The van der Waals surface area contributed by atoms with E-state index in [1.165, 1.54) is 12.8 Å². The van der Waals surface area contributed by atoms with E-state index in [2.05, 4.69) is 24.4 Å². The van der Waals surface area contributed by atoms with Gasteiger partial charge in [-0.3, -0.25) is 0 Å². The number of furan rings is 1. The van der Waals surface area contributed by atoms with Crippen LogP contribution in [0.2, 0.25) is 0 Å². The van der Waals surface area contributed by atoms with Gasteiger partial charge in [-0.25, -0.2) is 0 Å². The maximum absolute atomic E-state index is 6.17. The molecule has 1 aromatic carbocycles. The molecule has 2 aromatic rings. The highest BCUT2D eigenvalue weighted by Gasteiger charge is 2.43. The summed E-state index contributed by atoms with van der Waals surface area (Å²) in [5, 5.41) is 4.59. The van der Waals surface area contributed by atoms with E-state index in [4.69, 9.17) is 9.15 Å². The van der Waals surface area contributed by atoms with Crippen LogP contribution in [0.3, 0.4) is 0 Å². The standard InChI is InChI=1S/C17H23NO2/c1-3-19-17(10-6-7-11-17)16(18-2)15-12-13-8-4-5-9-14(13)20-15/h4-5,8-9,12,16,18H,3,6-7,10-11H2,1-2H3. The van der Waals surface area contributed by atoms with Gasteiger partial charge in [0.1, 0.15) is 11.3 Å². The van der Waals surface area contributed by atoms with E-state index in [0.29, 0.717) is 0 Å². The van der Waals surface area contributed by atoms with Crippen LogP contribution < -0.4 is 5.32 Å². The number of hydrogen-bond acceptors (Lipinski definition) is 3. The quantitative estimate of drug-likeness (QED) is 0.892. The Hall–Kier alpha value is -1.32. The molecule has 1 unspecified atom stereocenters. The minimum atomic E-state index is -0.114. The molecule has 0 bridgehead atoms. The molecule has 1 aliphatic carbocycles. The molecule has 0 saturated heterocycles. The Morgan fingerprint density at radius 2 is 2.05 bits per heavy atom. The average Bonchev–Trinajstić information content (AvgIpc) is 3.07. The molecular formula is C17H23NO2. The van der Waals surface area contributed by atoms with E-state index in [1.807, 2.05) is 25.2 Å². The Labute approximate surface area is 120 Å². The zero-order valence-corrected chi connectivity index (χ0v) is 12.3. The molecule has 1 fully saturated rings. The van der Waals surface area contributed by atoms with E-state index in [1.54, 1.807) is 0 Å². The summed E-state index contributed by atoms with van der Waals surface area (Å²) >= 11 is 0. The monoisotopic (exact) mass is 273 g/mol. The van der Waals surface area contributed by atoms with Crippen molar-refractivity contribution in [1.29, 1.82) is 0 Å². The third kappa shape index (κ3) is 2.25. The van der Waals surface area contributed by atoms with Crippen molar-refractivity contribution >= 4 is 11.0 Å². The van der Waals surface area contributed by atoms with Crippen LogP contribution in [0.5, 0.6) is 0 Å². The van der Waals surface area contributed by atoms with Crippen LogP contribution in [0, 0.1) is 0 Å². The molecule has 20 heavy (non-hydrogen) atoms. The molecule has 0 amide bonds. The van der Waals surface area contributed by atoms with Gasteiger partial charge in [-0.15, -0.1) is 0 Å². The van der Waals surface area contributed by atoms with Crippen LogP contribution in [0.4, 0.5) is 0 Å². The lowest BCUT2D eigenvalue weighted by Crippen LogP contribution is -2.42. The van der Waals surface area contributed by atoms with E-state index in [0.717, 1.165) is 36.2 Å². The Morgan fingerprint density at radius 3 is 2.70 bits per heavy atom. The summed E-state index contributed by atoms with van der Waals surface area (Å²) in [6.07, 6.45) is 4.67. The van der Waals surface area contributed by atoms with Crippen LogP contribution in [-0.2, 0) is 4.74 Å². The zero-order chi connectivity index (χ0) is 14.0. The lowest BCUT2D eigenvalue weighted by Gasteiger charge is -2.36. The van der Waals surface area contributed by atoms with Crippen LogP contribution in [0.15, 0.2) is 34.7 Å². The second kappa shape index (κ2) is 5.58. The van der Waals surface area contributed by atoms with Crippen molar-refractivity contribution in [2.45, 2.75) is 44.2 Å². The molecule has 1 aliphatic rings. The first kappa shape index (κ1) is 13.7. The lowest BCUT2D eigenvalue weighted by atomic mass is 9.90. The molecule has 1 N–H and O–H groups in total. The van der Waals surface area contributed by atoms with Gasteiger partial charge in [0.2, 0.25) is 0 Å². The molecule has 108 valence electrons. The predicted molar refractivity (Wildman–Crippen MR) is 80.8 cm³/mol. The van der Waals surface area contributed by atoms with Gasteiger partial charge in [0, 0.05) is 12.0 Å². The summed E-state index contributed by atoms with van der Waals surface area (Å²) in [6.45, 7) is 2.82. The van der Waals surface area contributed by atoms with Gasteiger partial charge < -0.3 is 14.5 Å². The largest absolute Gasteiger partial charge is 0.459 e. The van der Waals surface area contributed by atoms with Crippen molar-refractivity contribution in [3.05, 3.63) is 36.1 Å². The molecule has 1 heterocycles. The zero-order valence-electron chi connectivity index (χ0n) is 12.3. The van der Waals surface area contributed by atoms with E-state index in [-0.39, 0.29) is 11.6 Å². The molecule has 0 spiro atoms. The first-order valence-electron chi connectivity index (χ1n) is 7.59. The van der Waals surface area contributed by atoms with Crippen LogP contribution in [-0.4, -0.2) is 19.3 Å². The van der Waals surface area contributed by atoms with Crippen molar-refractivity contribution in [1.82, 2.24) is 5.32 Å². The van der Waals surface area contributed by atoms with E-state index < -0.39 is 0 Å². The number of para-hydroxylation sites is 1. The predicted octanol–water partition coefficient (Wildman–Crippen LogP) is 4.04. The minimum Gasteiger partial charge on any atom is -0.459 e. The first-order valence-corrected chi connectivity index (χ1v) is 7.59. The fourth-order valence-electron chi connectivity index (χ4n) is 3.59. The number of fused-ring (bicyclic) bond motifs is 1. The molecule has 3 heteroatoms. The smallest absolute Gasteiger partial charge is 0.134 e. The fraction of sp³-hybridized carbons (Fsp3) is 0.529. The molecule has 0 aliphatic heterocycles. The number of hydrogen-bond donors (Lipinski definition) is 1. The van der Waals surface area contributed by atoms with Gasteiger partial charge in [-0.1, -0.05) is 31.0 Å². The second-order valence-electron chi connectivity index (χ2n) is 5.61. The van der Waals surface area contributed by atoms with E-state index in [9.17, 15) is 0 Å². The number of ether oxygens (including phenoxy) is 1. The van der Waals surface area contributed by atoms with Gasteiger partial charge in [0.05, 0.1) is 11.6 Å². The molecular weight excluding hydrogens is 250 g/mol. The number of rotatable bonds is 5. The third-order valence-corrected chi connectivity index (χ3v) is 4.43. The average molecular weight is 273 g/mol. The summed E-state index contributed by atoms with van der Waals surface area (Å²) in [5.74, 6) is 0.990. The Morgan fingerprint density at radius 1 is 1.30 bits per heavy atom. The van der Waals surface area contributed by atoms with Gasteiger partial charge in [-0.2, -0.15) is 0 Å². The summed E-state index contributed by atoms with van der Waals surface area (Å²) < 4.78 is 12.2. The summed E-state index contributed by atoms with van der Waals surface area (Å²) in [6, 6.07) is 10.4. The molecule has 0 radical (unpaired) electrons. The maximum Gasteiger partial charge on any atom is 0.134 e. The molecule has 1 saturated carbocycles.